The summed E-state index contributed by atoms with van der Waals surface area (Å²) in [5.74, 6) is 0.962. The molecule has 0 aliphatic carbocycles. The smallest absolute Gasteiger partial charge is 0.255 e. The van der Waals surface area contributed by atoms with Crippen LogP contribution in [0, 0.1) is 0 Å². The average molecular weight is 273 g/mol. The SMILES string of the molecule is Nc1nc(-c2cccc(Cl)c2)nc(-n2cccn2)n1. The molecule has 0 radical (unpaired) electrons. The number of benzene rings is 1. The summed E-state index contributed by atoms with van der Waals surface area (Å²) in [5.41, 5.74) is 6.48. The van der Waals surface area contributed by atoms with Crippen molar-refractivity contribution in [3.63, 3.8) is 0 Å². The molecule has 0 atom stereocenters. The third-order valence-corrected chi connectivity index (χ3v) is 2.67. The second-order valence-electron chi connectivity index (χ2n) is 3.78. The third kappa shape index (κ3) is 2.38. The van der Waals surface area contributed by atoms with E-state index in [9.17, 15) is 0 Å². The molecule has 0 aliphatic rings. The molecule has 2 N–H and O–H groups in total. The lowest BCUT2D eigenvalue weighted by atomic mass is 10.2. The molecule has 1 aromatic carbocycles. The maximum Gasteiger partial charge on any atom is 0.255 e. The summed E-state index contributed by atoms with van der Waals surface area (Å²) in [7, 11) is 0. The van der Waals surface area contributed by atoms with Crippen molar-refractivity contribution >= 4 is 17.5 Å². The fraction of sp³-hybridized carbons (Fsp3) is 0. The lowest BCUT2D eigenvalue weighted by Gasteiger charge is -2.05. The van der Waals surface area contributed by atoms with Crippen molar-refractivity contribution < 1.29 is 0 Å². The highest BCUT2D eigenvalue weighted by atomic mass is 35.5. The van der Waals surface area contributed by atoms with Crippen LogP contribution in [-0.4, -0.2) is 24.7 Å². The van der Waals surface area contributed by atoms with E-state index in [1.807, 2.05) is 12.1 Å². The topological polar surface area (TPSA) is 82.5 Å². The van der Waals surface area contributed by atoms with Gasteiger partial charge in [0.2, 0.25) is 5.95 Å². The highest BCUT2D eigenvalue weighted by Gasteiger charge is 2.08. The number of hydrogen-bond acceptors (Lipinski definition) is 5. The maximum atomic E-state index is 5.95. The van der Waals surface area contributed by atoms with Crippen molar-refractivity contribution in [1.82, 2.24) is 24.7 Å². The van der Waals surface area contributed by atoms with Gasteiger partial charge in [0.15, 0.2) is 5.82 Å². The predicted octanol–water partition coefficient (Wildman–Crippen LogP) is 1.96. The molecule has 0 bridgehead atoms. The van der Waals surface area contributed by atoms with Crippen LogP contribution in [0.2, 0.25) is 5.02 Å². The minimum absolute atomic E-state index is 0.135. The van der Waals surface area contributed by atoms with E-state index in [-0.39, 0.29) is 5.95 Å². The first kappa shape index (κ1) is 11.6. The van der Waals surface area contributed by atoms with E-state index in [1.54, 1.807) is 30.6 Å². The number of rotatable bonds is 2. The Morgan fingerprint density at radius 1 is 1.11 bits per heavy atom. The number of halogens is 1. The molecule has 94 valence electrons. The van der Waals surface area contributed by atoms with E-state index in [1.165, 1.54) is 4.68 Å². The highest BCUT2D eigenvalue weighted by Crippen LogP contribution is 2.20. The Morgan fingerprint density at radius 3 is 2.74 bits per heavy atom. The minimum atomic E-state index is 0.135. The van der Waals surface area contributed by atoms with Crippen LogP contribution >= 0.6 is 11.6 Å². The van der Waals surface area contributed by atoms with Crippen LogP contribution in [0.3, 0.4) is 0 Å². The van der Waals surface area contributed by atoms with E-state index in [2.05, 4.69) is 20.1 Å². The van der Waals surface area contributed by atoms with Gasteiger partial charge in [-0.2, -0.15) is 20.1 Å². The number of hydrogen-bond donors (Lipinski definition) is 1. The molecular formula is C12H9ClN6. The molecule has 0 amide bonds. The van der Waals surface area contributed by atoms with Gasteiger partial charge < -0.3 is 5.73 Å². The first-order valence-electron chi connectivity index (χ1n) is 5.50. The second-order valence-corrected chi connectivity index (χ2v) is 4.21. The van der Waals surface area contributed by atoms with E-state index in [0.717, 1.165) is 5.56 Å². The first-order valence-corrected chi connectivity index (χ1v) is 5.88. The van der Waals surface area contributed by atoms with Crippen LogP contribution in [-0.2, 0) is 0 Å². The van der Waals surface area contributed by atoms with Crippen molar-refractivity contribution in [1.29, 1.82) is 0 Å². The van der Waals surface area contributed by atoms with Crippen LogP contribution in [0.1, 0.15) is 0 Å². The van der Waals surface area contributed by atoms with E-state index in [0.29, 0.717) is 16.8 Å². The van der Waals surface area contributed by atoms with Gasteiger partial charge in [0.05, 0.1) is 0 Å². The zero-order valence-corrected chi connectivity index (χ0v) is 10.5. The Morgan fingerprint density at radius 2 is 2.00 bits per heavy atom. The van der Waals surface area contributed by atoms with Crippen LogP contribution in [0.5, 0.6) is 0 Å². The molecule has 19 heavy (non-hydrogen) atoms. The Kier molecular flexibility index (Phi) is 2.85. The highest BCUT2D eigenvalue weighted by molar-refractivity contribution is 6.30. The minimum Gasteiger partial charge on any atom is -0.368 e. The summed E-state index contributed by atoms with van der Waals surface area (Å²) in [5, 5.41) is 4.67. The molecule has 2 heterocycles. The standard InChI is InChI=1S/C12H9ClN6/c13-9-4-1-3-8(7-9)10-16-11(14)18-12(17-10)19-6-2-5-15-19/h1-7H,(H2,14,16,17,18). The van der Waals surface area contributed by atoms with Gasteiger partial charge in [0.1, 0.15) is 0 Å². The van der Waals surface area contributed by atoms with E-state index >= 15 is 0 Å². The molecule has 0 saturated carbocycles. The fourth-order valence-electron chi connectivity index (χ4n) is 1.63. The van der Waals surface area contributed by atoms with Crippen LogP contribution < -0.4 is 5.73 Å². The lowest BCUT2D eigenvalue weighted by Crippen LogP contribution is -2.07. The molecular weight excluding hydrogens is 264 g/mol. The molecule has 0 unspecified atom stereocenters. The van der Waals surface area contributed by atoms with Gasteiger partial charge in [0.25, 0.3) is 5.95 Å². The Bertz CT molecular complexity index is 710. The normalized spacial score (nSPS) is 10.6. The van der Waals surface area contributed by atoms with Crippen LogP contribution in [0.25, 0.3) is 17.3 Å². The molecule has 0 fully saturated rings. The Balaban J connectivity index is 2.12. The largest absolute Gasteiger partial charge is 0.368 e. The third-order valence-electron chi connectivity index (χ3n) is 2.43. The van der Waals surface area contributed by atoms with Gasteiger partial charge in [-0.15, -0.1) is 0 Å². The Hall–Kier alpha value is -2.47. The molecule has 6 nitrogen and oxygen atoms in total. The zero-order valence-electron chi connectivity index (χ0n) is 9.73. The van der Waals surface area contributed by atoms with Gasteiger partial charge in [0, 0.05) is 23.0 Å². The maximum absolute atomic E-state index is 5.95. The van der Waals surface area contributed by atoms with Crippen molar-refractivity contribution in [3.05, 3.63) is 47.7 Å². The van der Waals surface area contributed by atoms with Crippen LogP contribution in [0.15, 0.2) is 42.7 Å². The van der Waals surface area contributed by atoms with Crippen molar-refractivity contribution in [3.8, 4) is 17.3 Å². The Labute approximate surface area is 113 Å². The summed E-state index contributed by atoms with van der Waals surface area (Å²) in [6, 6.07) is 9.00. The van der Waals surface area contributed by atoms with Crippen molar-refractivity contribution in [2.24, 2.45) is 0 Å². The monoisotopic (exact) mass is 272 g/mol. The summed E-state index contributed by atoms with van der Waals surface area (Å²) >= 11 is 5.95. The molecule has 2 aromatic heterocycles. The zero-order chi connectivity index (χ0) is 13.2. The summed E-state index contributed by atoms with van der Waals surface area (Å²) in [4.78, 5) is 12.5. The number of nitrogens with two attached hydrogens (primary N) is 1. The van der Waals surface area contributed by atoms with Gasteiger partial charge >= 0.3 is 0 Å². The summed E-state index contributed by atoms with van der Waals surface area (Å²) in [6.07, 6.45) is 3.37. The number of aromatic nitrogens is 5. The molecule has 7 heteroatoms. The van der Waals surface area contributed by atoms with Gasteiger partial charge in [-0.25, -0.2) is 4.68 Å². The number of nitrogen functional groups attached to an aromatic ring is 1. The van der Waals surface area contributed by atoms with Gasteiger partial charge in [-0.1, -0.05) is 23.7 Å². The van der Waals surface area contributed by atoms with Crippen molar-refractivity contribution in [2.75, 3.05) is 5.73 Å². The predicted molar refractivity (Wildman–Crippen MR) is 71.8 cm³/mol. The fourth-order valence-corrected chi connectivity index (χ4v) is 1.82. The van der Waals surface area contributed by atoms with E-state index < -0.39 is 0 Å². The lowest BCUT2D eigenvalue weighted by molar-refractivity contribution is 0.801. The first-order chi connectivity index (χ1) is 9.22. The summed E-state index contributed by atoms with van der Waals surface area (Å²) < 4.78 is 1.52. The molecule has 0 spiro atoms. The summed E-state index contributed by atoms with van der Waals surface area (Å²) in [6.45, 7) is 0. The molecule has 0 aliphatic heterocycles. The molecule has 0 saturated heterocycles. The second kappa shape index (κ2) is 4.66. The average Bonchev–Trinajstić information content (AvgIpc) is 2.92. The quantitative estimate of drug-likeness (QED) is 0.771. The van der Waals surface area contributed by atoms with E-state index in [4.69, 9.17) is 17.3 Å². The number of nitrogens with zero attached hydrogens (tertiary/aromatic N) is 5. The number of anilines is 1. The van der Waals surface area contributed by atoms with Crippen LogP contribution in [0.4, 0.5) is 5.95 Å². The molecule has 3 rings (SSSR count). The van der Waals surface area contributed by atoms with Gasteiger partial charge in [-0.05, 0) is 18.2 Å². The van der Waals surface area contributed by atoms with Gasteiger partial charge in [-0.3, -0.25) is 0 Å². The van der Waals surface area contributed by atoms with Crippen molar-refractivity contribution in [2.45, 2.75) is 0 Å². The molecule has 3 aromatic rings.